The topological polar surface area (TPSA) is 161 Å². The number of amides is 1. The van der Waals surface area contributed by atoms with Gasteiger partial charge in [-0.15, -0.1) is 0 Å². The highest BCUT2D eigenvalue weighted by Crippen LogP contribution is 2.21. The first kappa shape index (κ1) is 36.8. The van der Waals surface area contributed by atoms with Crippen molar-refractivity contribution in [2.45, 2.75) is 130 Å². The van der Waals surface area contributed by atoms with Crippen molar-refractivity contribution in [2.24, 2.45) is 0 Å². The Labute approximate surface area is 237 Å². The normalized spacial score (nSPS) is 13.7. The Bertz CT molecular complexity index is 814. The lowest BCUT2D eigenvalue weighted by molar-refractivity contribution is -0.203. The summed E-state index contributed by atoms with van der Waals surface area (Å²) in [5.41, 5.74) is 0. The van der Waals surface area contributed by atoms with Crippen molar-refractivity contribution in [1.29, 1.82) is 0 Å². The molecule has 0 aliphatic carbocycles. The van der Waals surface area contributed by atoms with E-state index in [0.717, 1.165) is 53.9 Å². The minimum absolute atomic E-state index is 0.263. The molecule has 1 N–H and O–H groups in total. The van der Waals surface area contributed by atoms with Gasteiger partial charge in [0.15, 0.2) is 18.3 Å². The van der Waals surface area contributed by atoms with Gasteiger partial charge in [-0.25, -0.2) is 0 Å². The van der Waals surface area contributed by atoms with Gasteiger partial charge in [-0.05, 0) is 6.42 Å². The van der Waals surface area contributed by atoms with Gasteiger partial charge in [-0.1, -0.05) is 64.7 Å². The van der Waals surface area contributed by atoms with E-state index >= 15 is 0 Å². The zero-order valence-corrected chi connectivity index (χ0v) is 24.8. The summed E-state index contributed by atoms with van der Waals surface area (Å²) in [7, 11) is 0. The molecule has 230 valence electrons. The van der Waals surface area contributed by atoms with Gasteiger partial charge in [-0.2, -0.15) is 0 Å². The van der Waals surface area contributed by atoms with Crippen molar-refractivity contribution in [2.75, 3.05) is 13.2 Å². The fourth-order valence-corrected chi connectivity index (χ4v) is 4.02. The average molecular weight is 574 g/mol. The lowest BCUT2D eigenvalue weighted by Crippen LogP contribution is -2.57. The lowest BCUT2D eigenvalue weighted by Gasteiger charge is -2.34. The third-order valence-electron chi connectivity index (χ3n) is 5.74. The second-order valence-corrected chi connectivity index (χ2v) is 9.60. The number of hydrogen-bond donors (Lipinski definition) is 1. The monoisotopic (exact) mass is 573 g/mol. The van der Waals surface area contributed by atoms with Crippen LogP contribution in [0.25, 0.3) is 0 Å². The van der Waals surface area contributed by atoms with Gasteiger partial charge in [0.1, 0.15) is 6.61 Å². The molecular formula is C28H47NO11. The molecule has 12 nitrogen and oxygen atoms in total. The lowest BCUT2D eigenvalue weighted by atomic mass is 10.0. The fraction of sp³-hybridized carbons (Fsp3) is 0.786. The van der Waals surface area contributed by atoms with Gasteiger partial charge in [0.25, 0.3) is 5.91 Å². The first-order valence-electron chi connectivity index (χ1n) is 14.0. The van der Waals surface area contributed by atoms with Crippen molar-refractivity contribution in [1.82, 2.24) is 5.32 Å². The zero-order valence-electron chi connectivity index (χ0n) is 24.8. The highest BCUT2D eigenvalue weighted by molar-refractivity contribution is 5.84. The van der Waals surface area contributed by atoms with Crippen molar-refractivity contribution in [3.05, 3.63) is 0 Å². The maximum Gasteiger partial charge on any atom is 0.303 e. The predicted molar refractivity (Wildman–Crippen MR) is 144 cm³/mol. The summed E-state index contributed by atoms with van der Waals surface area (Å²) in [6.45, 7) is 7.17. The van der Waals surface area contributed by atoms with Crippen LogP contribution >= 0.6 is 0 Å². The van der Waals surface area contributed by atoms with Gasteiger partial charge < -0.3 is 29.0 Å². The average Bonchev–Trinajstić information content (AvgIpc) is 2.85. The van der Waals surface area contributed by atoms with Crippen LogP contribution in [-0.2, 0) is 52.5 Å². The third kappa shape index (κ3) is 18.2. The van der Waals surface area contributed by atoms with Crippen LogP contribution in [0.2, 0.25) is 0 Å². The molecule has 0 bridgehead atoms. The van der Waals surface area contributed by atoms with Crippen LogP contribution in [-0.4, -0.2) is 73.3 Å². The number of esters is 5. The molecule has 0 aliphatic rings. The molecule has 1 amide bonds. The predicted octanol–water partition coefficient (Wildman–Crippen LogP) is 3.31. The first-order chi connectivity index (χ1) is 18.9. The number of ether oxygens (including phenoxy) is 5. The van der Waals surface area contributed by atoms with E-state index in [4.69, 9.17) is 23.7 Å². The summed E-state index contributed by atoms with van der Waals surface area (Å²) in [6.07, 6.45) is 4.44. The van der Waals surface area contributed by atoms with E-state index in [1.165, 1.54) is 38.5 Å². The second-order valence-electron chi connectivity index (χ2n) is 9.60. The summed E-state index contributed by atoms with van der Waals surface area (Å²) < 4.78 is 25.9. The minimum Gasteiger partial charge on any atom is -0.462 e. The molecule has 0 aromatic heterocycles. The van der Waals surface area contributed by atoms with E-state index in [1.807, 2.05) is 0 Å². The SMILES string of the molecule is CCCCCCCCCCCCNC(=O)C(OC(C)=O)C(OC(C)=O)C(OC(C)=O)C(COC(C)=O)OC(C)=O. The molecule has 0 spiro atoms. The van der Waals surface area contributed by atoms with E-state index in [0.29, 0.717) is 6.42 Å². The molecule has 0 aromatic carbocycles. The van der Waals surface area contributed by atoms with E-state index < -0.39 is 66.8 Å². The molecule has 0 saturated carbocycles. The number of carbonyl (C=O) groups excluding carboxylic acids is 6. The van der Waals surface area contributed by atoms with Gasteiger partial charge >= 0.3 is 29.8 Å². The summed E-state index contributed by atoms with van der Waals surface area (Å²) in [4.78, 5) is 72.2. The maximum absolute atomic E-state index is 13.1. The van der Waals surface area contributed by atoms with E-state index in [2.05, 4.69) is 12.2 Å². The van der Waals surface area contributed by atoms with Crippen LogP contribution in [0.4, 0.5) is 0 Å². The Hall–Kier alpha value is -3.18. The third-order valence-corrected chi connectivity index (χ3v) is 5.74. The van der Waals surface area contributed by atoms with Gasteiger partial charge in [0.2, 0.25) is 6.10 Å². The summed E-state index contributed by atoms with van der Waals surface area (Å²) >= 11 is 0. The molecule has 0 rings (SSSR count). The molecule has 40 heavy (non-hydrogen) atoms. The van der Waals surface area contributed by atoms with Crippen LogP contribution in [0.3, 0.4) is 0 Å². The number of rotatable bonds is 21. The Balaban J connectivity index is 5.55. The molecule has 0 radical (unpaired) electrons. The molecule has 0 saturated heterocycles. The minimum atomic E-state index is -1.76. The molecule has 4 atom stereocenters. The number of carbonyl (C=O) groups is 6. The van der Waals surface area contributed by atoms with Gasteiger partial charge in [0, 0.05) is 41.2 Å². The Morgan fingerprint density at radius 3 is 1.45 bits per heavy atom. The zero-order chi connectivity index (χ0) is 30.5. The quantitative estimate of drug-likeness (QED) is 0.122. The summed E-state index contributed by atoms with van der Waals surface area (Å²) in [5.74, 6) is -5.00. The van der Waals surface area contributed by atoms with Crippen LogP contribution in [0.15, 0.2) is 0 Å². The summed E-state index contributed by atoms with van der Waals surface area (Å²) in [6, 6.07) is 0. The van der Waals surface area contributed by atoms with Gasteiger partial charge in [0.05, 0.1) is 0 Å². The van der Waals surface area contributed by atoms with Crippen LogP contribution in [0, 0.1) is 0 Å². The Morgan fingerprint density at radius 1 is 0.550 bits per heavy atom. The van der Waals surface area contributed by atoms with Crippen molar-refractivity contribution >= 4 is 35.8 Å². The number of unbranched alkanes of at least 4 members (excludes halogenated alkanes) is 9. The smallest absolute Gasteiger partial charge is 0.303 e. The molecular weight excluding hydrogens is 526 g/mol. The highest BCUT2D eigenvalue weighted by Gasteiger charge is 2.46. The van der Waals surface area contributed by atoms with Crippen LogP contribution in [0.5, 0.6) is 0 Å². The largest absolute Gasteiger partial charge is 0.462 e. The standard InChI is InChI=1S/C28H47NO11/c1-7-8-9-10-11-12-13-14-15-16-17-29-28(35)27(40-23(6)34)26(39-22(5)33)25(38-21(4)32)24(37-20(3)31)18-36-19(2)30/h24-27H,7-18H2,1-6H3,(H,29,35). The molecule has 0 aromatic rings. The number of nitrogens with one attached hydrogen (secondary N) is 1. The molecule has 0 aliphatic heterocycles. The van der Waals surface area contributed by atoms with E-state index in [1.54, 1.807) is 0 Å². The van der Waals surface area contributed by atoms with Crippen LogP contribution < -0.4 is 5.32 Å². The Kier molecular flexibility index (Phi) is 19.9. The van der Waals surface area contributed by atoms with Gasteiger partial charge in [-0.3, -0.25) is 28.8 Å². The highest BCUT2D eigenvalue weighted by atomic mass is 16.6. The van der Waals surface area contributed by atoms with Crippen molar-refractivity contribution in [3.8, 4) is 0 Å². The first-order valence-corrected chi connectivity index (χ1v) is 14.0. The van der Waals surface area contributed by atoms with Crippen molar-refractivity contribution < 1.29 is 52.5 Å². The molecule has 0 fully saturated rings. The van der Waals surface area contributed by atoms with E-state index in [9.17, 15) is 28.8 Å². The fourth-order valence-electron chi connectivity index (χ4n) is 4.02. The van der Waals surface area contributed by atoms with E-state index in [-0.39, 0.29) is 6.54 Å². The molecule has 12 heteroatoms. The van der Waals surface area contributed by atoms with Crippen molar-refractivity contribution in [3.63, 3.8) is 0 Å². The second kappa shape index (κ2) is 21.6. The Morgan fingerprint density at radius 2 is 1.00 bits per heavy atom. The van der Waals surface area contributed by atoms with Crippen LogP contribution in [0.1, 0.15) is 106 Å². The molecule has 0 heterocycles. The maximum atomic E-state index is 13.1. The number of hydrogen-bond acceptors (Lipinski definition) is 11. The molecule has 4 unspecified atom stereocenters. The summed E-state index contributed by atoms with van der Waals surface area (Å²) in [5, 5.41) is 2.66.